The van der Waals surface area contributed by atoms with Gasteiger partial charge in [0.1, 0.15) is 5.76 Å². The molecule has 0 aliphatic heterocycles. The summed E-state index contributed by atoms with van der Waals surface area (Å²) in [5, 5.41) is 14.9. The third-order valence-corrected chi connectivity index (χ3v) is 4.21. The first-order chi connectivity index (χ1) is 13.4. The summed E-state index contributed by atoms with van der Waals surface area (Å²) < 4.78 is 5.58. The highest BCUT2D eigenvalue weighted by molar-refractivity contribution is 7.80. The van der Waals surface area contributed by atoms with E-state index in [1.54, 1.807) is 60.7 Å². The summed E-state index contributed by atoms with van der Waals surface area (Å²) in [6, 6.07) is 17.0. The highest BCUT2D eigenvalue weighted by Gasteiger charge is 2.14. The number of benzene rings is 2. The van der Waals surface area contributed by atoms with Crippen molar-refractivity contribution >= 4 is 46.5 Å². The van der Waals surface area contributed by atoms with Crippen LogP contribution in [-0.2, 0) is 11.2 Å². The maximum absolute atomic E-state index is 12.3. The van der Waals surface area contributed by atoms with Gasteiger partial charge < -0.3 is 14.8 Å². The number of halogens is 1. The third kappa shape index (κ3) is 5.18. The molecule has 0 saturated carbocycles. The molecule has 0 atom stereocenters. The van der Waals surface area contributed by atoms with Crippen LogP contribution in [0.25, 0.3) is 11.3 Å². The van der Waals surface area contributed by atoms with Crippen molar-refractivity contribution in [3.63, 3.8) is 0 Å². The Labute approximate surface area is 171 Å². The molecule has 0 aliphatic carbocycles. The lowest BCUT2D eigenvalue weighted by molar-refractivity contribution is -0.136. The molecule has 0 aliphatic rings. The fraction of sp³-hybridized carbons (Fsp3) is 0.0500. The lowest BCUT2D eigenvalue weighted by atomic mass is 10.1. The molecule has 0 bridgehead atoms. The van der Waals surface area contributed by atoms with E-state index >= 15 is 0 Å². The summed E-state index contributed by atoms with van der Waals surface area (Å²) in [6.45, 7) is 0. The second kappa shape index (κ2) is 8.69. The van der Waals surface area contributed by atoms with Crippen molar-refractivity contribution in [2.24, 2.45) is 0 Å². The van der Waals surface area contributed by atoms with Gasteiger partial charge in [0.05, 0.1) is 6.42 Å². The molecule has 3 N–H and O–H groups in total. The third-order valence-electron chi connectivity index (χ3n) is 3.75. The molecule has 28 heavy (non-hydrogen) atoms. The van der Waals surface area contributed by atoms with Gasteiger partial charge in [0.25, 0.3) is 5.91 Å². The van der Waals surface area contributed by atoms with Crippen LogP contribution in [0.15, 0.2) is 65.1 Å². The lowest BCUT2D eigenvalue weighted by Gasteiger charge is -2.09. The highest BCUT2D eigenvalue weighted by atomic mass is 35.5. The van der Waals surface area contributed by atoms with Crippen molar-refractivity contribution in [2.45, 2.75) is 6.42 Å². The Morgan fingerprint density at radius 2 is 1.68 bits per heavy atom. The number of amides is 1. The van der Waals surface area contributed by atoms with E-state index in [1.165, 1.54) is 0 Å². The van der Waals surface area contributed by atoms with Crippen LogP contribution in [0.1, 0.15) is 16.1 Å². The molecule has 0 unspecified atom stereocenters. The van der Waals surface area contributed by atoms with Crippen LogP contribution in [0.4, 0.5) is 5.69 Å². The maximum Gasteiger partial charge on any atom is 0.307 e. The topological polar surface area (TPSA) is 91.6 Å². The largest absolute Gasteiger partial charge is 0.481 e. The molecule has 0 radical (unpaired) electrons. The van der Waals surface area contributed by atoms with E-state index in [0.717, 1.165) is 5.56 Å². The van der Waals surface area contributed by atoms with Gasteiger partial charge in [-0.3, -0.25) is 14.9 Å². The SMILES string of the molecule is O=C(O)Cc1ccc(NC(=S)NC(=O)c2ccc(-c3ccc(Cl)cc3)o2)cc1. The first kappa shape index (κ1) is 19.6. The van der Waals surface area contributed by atoms with E-state index in [4.69, 9.17) is 33.3 Å². The number of carbonyl (C=O) groups is 2. The minimum atomic E-state index is -0.903. The molecule has 142 valence electrons. The minimum absolute atomic E-state index is 0.0596. The van der Waals surface area contributed by atoms with Gasteiger partial charge in [-0.15, -0.1) is 0 Å². The predicted octanol–water partition coefficient (Wildman–Crippen LogP) is 4.35. The first-order valence-electron chi connectivity index (χ1n) is 8.19. The van der Waals surface area contributed by atoms with Gasteiger partial charge in [-0.05, 0) is 66.3 Å². The maximum atomic E-state index is 12.3. The summed E-state index contributed by atoms with van der Waals surface area (Å²) in [7, 11) is 0. The van der Waals surface area contributed by atoms with Crippen LogP contribution in [0.3, 0.4) is 0 Å². The van der Waals surface area contributed by atoms with Crippen molar-refractivity contribution in [3.8, 4) is 11.3 Å². The second-order valence-corrected chi connectivity index (χ2v) is 6.69. The van der Waals surface area contributed by atoms with Crippen molar-refractivity contribution in [1.29, 1.82) is 0 Å². The number of furan rings is 1. The minimum Gasteiger partial charge on any atom is -0.481 e. The zero-order valence-electron chi connectivity index (χ0n) is 14.4. The lowest BCUT2D eigenvalue weighted by Crippen LogP contribution is -2.33. The number of nitrogens with one attached hydrogen (secondary N) is 2. The molecule has 1 heterocycles. The number of aliphatic carboxylic acids is 1. The number of anilines is 1. The molecular formula is C20H15ClN2O4S. The van der Waals surface area contributed by atoms with Gasteiger partial charge in [-0.1, -0.05) is 23.7 Å². The zero-order chi connectivity index (χ0) is 20.1. The molecule has 0 fully saturated rings. The summed E-state index contributed by atoms with van der Waals surface area (Å²) in [5.74, 6) is -0.735. The zero-order valence-corrected chi connectivity index (χ0v) is 16.0. The van der Waals surface area contributed by atoms with Crippen LogP contribution < -0.4 is 10.6 Å². The molecule has 6 nitrogen and oxygen atoms in total. The van der Waals surface area contributed by atoms with Gasteiger partial charge in [0, 0.05) is 16.3 Å². The Kier molecular flexibility index (Phi) is 6.08. The van der Waals surface area contributed by atoms with E-state index in [9.17, 15) is 9.59 Å². The van der Waals surface area contributed by atoms with Crippen molar-refractivity contribution in [2.75, 3.05) is 5.32 Å². The molecule has 3 rings (SSSR count). The number of carboxylic acids is 1. The van der Waals surface area contributed by atoms with Crippen molar-refractivity contribution < 1.29 is 19.1 Å². The normalized spacial score (nSPS) is 10.3. The van der Waals surface area contributed by atoms with E-state index in [0.29, 0.717) is 22.0 Å². The molecule has 2 aromatic carbocycles. The Bertz CT molecular complexity index is 1010. The van der Waals surface area contributed by atoms with Crippen molar-refractivity contribution in [3.05, 3.63) is 77.0 Å². The fourth-order valence-electron chi connectivity index (χ4n) is 2.44. The number of carbonyl (C=O) groups excluding carboxylic acids is 1. The van der Waals surface area contributed by atoms with Gasteiger partial charge in [-0.2, -0.15) is 0 Å². The van der Waals surface area contributed by atoms with Crippen LogP contribution in [-0.4, -0.2) is 22.1 Å². The van der Waals surface area contributed by atoms with E-state index in [-0.39, 0.29) is 17.3 Å². The first-order valence-corrected chi connectivity index (χ1v) is 8.98. The van der Waals surface area contributed by atoms with Crippen LogP contribution in [0.2, 0.25) is 5.02 Å². The molecular weight excluding hydrogens is 400 g/mol. The van der Waals surface area contributed by atoms with E-state index in [2.05, 4.69) is 10.6 Å². The van der Waals surface area contributed by atoms with Gasteiger partial charge in [0.15, 0.2) is 10.9 Å². The Hall–Kier alpha value is -3.16. The standard InChI is InChI=1S/C20H15ClN2O4S/c21-14-5-3-13(4-6-14)16-9-10-17(27-16)19(26)23-20(28)22-15-7-1-12(2-8-15)11-18(24)25/h1-10H,11H2,(H,24,25)(H2,22,23,26,28). The predicted molar refractivity (Wildman–Crippen MR) is 111 cm³/mol. The number of rotatable bonds is 5. The van der Waals surface area contributed by atoms with Crippen LogP contribution >= 0.6 is 23.8 Å². The molecule has 0 spiro atoms. The average molecular weight is 415 g/mol. The monoisotopic (exact) mass is 414 g/mol. The Morgan fingerprint density at radius 1 is 1.00 bits per heavy atom. The molecule has 1 aromatic heterocycles. The smallest absolute Gasteiger partial charge is 0.307 e. The van der Waals surface area contributed by atoms with Crippen LogP contribution in [0, 0.1) is 0 Å². The van der Waals surface area contributed by atoms with E-state index < -0.39 is 11.9 Å². The van der Waals surface area contributed by atoms with Gasteiger partial charge >= 0.3 is 5.97 Å². The molecule has 8 heteroatoms. The number of hydrogen-bond acceptors (Lipinski definition) is 4. The number of carboxylic acid groups (broad SMARTS) is 1. The van der Waals surface area contributed by atoms with Gasteiger partial charge in [0.2, 0.25) is 0 Å². The Morgan fingerprint density at radius 3 is 2.32 bits per heavy atom. The van der Waals surface area contributed by atoms with E-state index in [1.807, 2.05) is 0 Å². The van der Waals surface area contributed by atoms with Crippen molar-refractivity contribution in [1.82, 2.24) is 5.32 Å². The molecule has 1 amide bonds. The average Bonchev–Trinajstić information content (AvgIpc) is 3.14. The quantitative estimate of drug-likeness (QED) is 0.537. The summed E-state index contributed by atoms with van der Waals surface area (Å²) >= 11 is 11.0. The summed E-state index contributed by atoms with van der Waals surface area (Å²) in [4.78, 5) is 23.0. The molecule has 3 aromatic rings. The molecule has 0 saturated heterocycles. The van der Waals surface area contributed by atoms with Gasteiger partial charge in [-0.25, -0.2) is 0 Å². The summed E-state index contributed by atoms with van der Waals surface area (Å²) in [6.07, 6.45) is -0.0596. The second-order valence-electron chi connectivity index (χ2n) is 5.85. The number of thiocarbonyl (C=S) groups is 1. The highest BCUT2D eigenvalue weighted by Crippen LogP contribution is 2.23. The Balaban J connectivity index is 1.59. The van der Waals surface area contributed by atoms with Crippen LogP contribution in [0.5, 0.6) is 0 Å². The summed E-state index contributed by atoms with van der Waals surface area (Å²) in [5.41, 5.74) is 2.09. The fourth-order valence-corrected chi connectivity index (χ4v) is 2.77. The number of hydrogen-bond donors (Lipinski definition) is 3.